The zero-order chi connectivity index (χ0) is 21.8. The monoisotopic (exact) mass is 439 g/mol. The number of nitrogens with one attached hydrogen (secondary N) is 1. The molecule has 0 bridgehead atoms. The summed E-state index contributed by atoms with van der Waals surface area (Å²) in [6.07, 6.45) is -0.182. The third kappa shape index (κ3) is 3.29. The lowest BCUT2D eigenvalue weighted by Gasteiger charge is -2.40. The molecule has 0 saturated carbocycles. The van der Waals surface area contributed by atoms with Crippen LogP contribution in [0.5, 0.6) is 0 Å². The molecule has 5 rings (SSSR count). The van der Waals surface area contributed by atoms with Crippen molar-refractivity contribution in [2.24, 2.45) is 0 Å². The van der Waals surface area contributed by atoms with Gasteiger partial charge >= 0.3 is 0 Å². The molecule has 3 heterocycles. The second kappa shape index (κ2) is 7.19. The fraction of sp³-hybridized carbons (Fsp3) is 0.318. The molecule has 0 aromatic heterocycles. The molecule has 31 heavy (non-hydrogen) atoms. The number of benzene rings is 2. The van der Waals surface area contributed by atoms with Crippen molar-refractivity contribution in [3.63, 3.8) is 0 Å². The molecular weight excluding hydrogens is 418 g/mol. The molecule has 0 unspecified atom stereocenters. The average Bonchev–Trinajstić information content (AvgIpc) is 3.24. The van der Waals surface area contributed by atoms with Gasteiger partial charge in [0.1, 0.15) is 6.17 Å². The fourth-order valence-electron chi connectivity index (χ4n) is 4.63. The van der Waals surface area contributed by atoms with E-state index in [9.17, 15) is 22.8 Å². The van der Waals surface area contributed by atoms with Gasteiger partial charge in [-0.1, -0.05) is 30.3 Å². The summed E-state index contributed by atoms with van der Waals surface area (Å²) >= 11 is 0. The molecule has 2 aromatic rings. The van der Waals surface area contributed by atoms with Crippen LogP contribution in [0.15, 0.2) is 48.5 Å². The molecule has 2 aromatic carbocycles. The molecule has 0 spiro atoms. The zero-order valence-electron chi connectivity index (χ0n) is 16.7. The standard InChI is InChI=1S/C22H21N3O5S/c26-19(23-14-10-12-31(29,30)13-14)9-11-24-20-15-5-1-2-6-16(15)22(28)25(20)18-8-4-3-7-17(18)21(24)27/h1-8,14,20H,9-13H2,(H,23,26)/t14-,20-/m1/s1. The molecule has 3 aliphatic rings. The minimum absolute atomic E-state index is 0.0190. The Labute approximate surface area is 179 Å². The van der Waals surface area contributed by atoms with Gasteiger partial charge in [0.05, 0.1) is 22.8 Å². The predicted octanol–water partition coefficient (Wildman–Crippen LogP) is 1.49. The van der Waals surface area contributed by atoms with Crippen molar-refractivity contribution in [2.45, 2.75) is 25.0 Å². The molecule has 8 nitrogen and oxygen atoms in total. The number of hydrogen-bond donors (Lipinski definition) is 1. The Morgan fingerprint density at radius 2 is 1.71 bits per heavy atom. The number of hydrogen-bond acceptors (Lipinski definition) is 5. The number of nitrogens with zero attached hydrogens (tertiary/aromatic N) is 2. The minimum atomic E-state index is -3.09. The van der Waals surface area contributed by atoms with Gasteiger partial charge in [0.25, 0.3) is 11.8 Å². The Bertz CT molecular complexity index is 1210. The van der Waals surface area contributed by atoms with E-state index >= 15 is 0 Å². The molecule has 0 radical (unpaired) electrons. The lowest BCUT2D eigenvalue weighted by molar-refractivity contribution is -0.121. The second-order valence-electron chi connectivity index (χ2n) is 8.07. The summed E-state index contributed by atoms with van der Waals surface area (Å²) in [6, 6.07) is 13.8. The molecule has 3 amide bonds. The number of sulfone groups is 1. The maximum Gasteiger partial charge on any atom is 0.260 e. The van der Waals surface area contributed by atoms with Gasteiger partial charge in [0, 0.05) is 30.1 Å². The summed E-state index contributed by atoms with van der Waals surface area (Å²) in [5.74, 6) is -0.691. The summed E-state index contributed by atoms with van der Waals surface area (Å²) in [5.41, 5.74) is 2.26. The van der Waals surface area contributed by atoms with Gasteiger partial charge in [-0.2, -0.15) is 0 Å². The van der Waals surface area contributed by atoms with Crippen LogP contribution in [0.25, 0.3) is 0 Å². The van der Waals surface area contributed by atoms with Gasteiger partial charge in [-0.25, -0.2) is 8.42 Å². The maximum atomic E-state index is 13.3. The first-order valence-corrected chi connectivity index (χ1v) is 12.0. The highest BCUT2D eigenvalue weighted by Crippen LogP contribution is 2.45. The lowest BCUT2D eigenvalue weighted by Crippen LogP contribution is -2.49. The first-order chi connectivity index (χ1) is 14.9. The van der Waals surface area contributed by atoms with E-state index in [-0.39, 0.29) is 48.2 Å². The number of amides is 3. The van der Waals surface area contributed by atoms with Crippen molar-refractivity contribution in [3.05, 3.63) is 65.2 Å². The van der Waals surface area contributed by atoms with E-state index in [2.05, 4.69) is 5.32 Å². The number of anilines is 1. The third-order valence-electron chi connectivity index (χ3n) is 6.06. The predicted molar refractivity (Wildman–Crippen MR) is 113 cm³/mol. The highest BCUT2D eigenvalue weighted by Gasteiger charge is 2.47. The second-order valence-corrected chi connectivity index (χ2v) is 10.3. The molecule has 9 heteroatoms. The van der Waals surface area contributed by atoms with Crippen LogP contribution < -0.4 is 10.2 Å². The Morgan fingerprint density at radius 1 is 1.00 bits per heavy atom. The van der Waals surface area contributed by atoms with Crippen LogP contribution >= 0.6 is 0 Å². The van der Waals surface area contributed by atoms with Crippen molar-refractivity contribution in [1.29, 1.82) is 0 Å². The van der Waals surface area contributed by atoms with Crippen LogP contribution in [0.4, 0.5) is 5.69 Å². The Morgan fingerprint density at radius 3 is 2.45 bits per heavy atom. The van der Waals surface area contributed by atoms with E-state index in [4.69, 9.17) is 0 Å². The number of rotatable bonds is 4. The van der Waals surface area contributed by atoms with Crippen molar-refractivity contribution in [2.75, 3.05) is 23.0 Å². The van der Waals surface area contributed by atoms with Crippen molar-refractivity contribution < 1.29 is 22.8 Å². The highest BCUT2D eigenvalue weighted by molar-refractivity contribution is 7.91. The molecule has 3 aliphatic heterocycles. The zero-order valence-corrected chi connectivity index (χ0v) is 17.5. The van der Waals surface area contributed by atoms with Crippen molar-refractivity contribution >= 4 is 33.2 Å². The number of carbonyl (C=O) groups is 3. The summed E-state index contributed by atoms with van der Waals surface area (Å²) in [6.45, 7) is 0.112. The van der Waals surface area contributed by atoms with Gasteiger partial charge in [0.2, 0.25) is 5.91 Å². The van der Waals surface area contributed by atoms with Crippen LogP contribution in [-0.2, 0) is 14.6 Å². The molecule has 160 valence electrons. The van der Waals surface area contributed by atoms with Crippen LogP contribution in [0.2, 0.25) is 0 Å². The maximum absolute atomic E-state index is 13.3. The fourth-order valence-corrected chi connectivity index (χ4v) is 6.30. The molecule has 1 N–H and O–H groups in total. The van der Waals surface area contributed by atoms with E-state index < -0.39 is 16.0 Å². The molecule has 1 fully saturated rings. The normalized spacial score (nSPS) is 23.4. The molecular formula is C22H21N3O5S. The Balaban J connectivity index is 1.41. The van der Waals surface area contributed by atoms with Crippen molar-refractivity contribution in [3.8, 4) is 0 Å². The van der Waals surface area contributed by atoms with Crippen LogP contribution in [0.1, 0.15) is 45.3 Å². The lowest BCUT2D eigenvalue weighted by atomic mass is 10.0. The average molecular weight is 439 g/mol. The number of carbonyl (C=O) groups excluding carboxylic acids is 3. The Kier molecular flexibility index (Phi) is 4.58. The summed E-state index contributed by atoms with van der Waals surface area (Å²) < 4.78 is 23.2. The van der Waals surface area contributed by atoms with Crippen molar-refractivity contribution in [1.82, 2.24) is 10.2 Å². The summed E-state index contributed by atoms with van der Waals surface area (Å²) in [4.78, 5) is 42.1. The van der Waals surface area contributed by atoms with E-state index in [1.54, 1.807) is 46.2 Å². The third-order valence-corrected chi connectivity index (χ3v) is 7.83. The van der Waals surface area contributed by atoms with Crippen LogP contribution in [-0.4, -0.2) is 55.1 Å². The van der Waals surface area contributed by atoms with E-state index in [1.165, 1.54) is 0 Å². The quantitative estimate of drug-likeness (QED) is 0.778. The van der Waals surface area contributed by atoms with Crippen LogP contribution in [0.3, 0.4) is 0 Å². The minimum Gasteiger partial charge on any atom is -0.352 e. The van der Waals surface area contributed by atoms with E-state index in [0.717, 1.165) is 5.56 Å². The summed E-state index contributed by atoms with van der Waals surface area (Å²) in [7, 11) is -3.09. The smallest absolute Gasteiger partial charge is 0.260 e. The van der Waals surface area contributed by atoms with E-state index in [0.29, 0.717) is 23.2 Å². The van der Waals surface area contributed by atoms with Gasteiger partial charge in [-0.05, 0) is 24.6 Å². The first-order valence-electron chi connectivity index (χ1n) is 10.2. The SMILES string of the molecule is O=C(CCN1C(=O)c2ccccc2N2C(=O)c3ccccc3[C@H]12)N[C@@H]1CCS(=O)(=O)C1. The number of fused-ring (bicyclic) bond motifs is 5. The van der Waals surface area contributed by atoms with Gasteiger partial charge in [-0.3, -0.25) is 19.3 Å². The van der Waals surface area contributed by atoms with Gasteiger partial charge in [0.15, 0.2) is 9.84 Å². The van der Waals surface area contributed by atoms with Crippen LogP contribution in [0, 0.1) is 0 Å². The Hall–Kier alpha value is -3.20. The molecule has 2 atom stereocenters. The van der Waals surface area contributed by atoms with Gasteiger partial charge in [-0.15, -0.1) is 0 Å². The first kappa shape index (κ1) is 19.7. The largest absolute Gasteiger partial charge is 0.352 e. The summed E-state index contributed by atoms with van der Waals surface area (Å²) in [5, 5.41) is 2.76. The van der Waals surface area contributed by atoms with Gasteiger partial charge < -0.3 is 10.2 Å². The molecule has 1 saturated heterocycles. The topological polar surface area (TPSA) is 104 Å². The molecule has 0 aliphatic carbocycles. The number of para-hydroxylation sites is 1. The van der Waals surface area contributed by atoms with E-state index in [1.807, 2.05) is 12.1 Å². The highest BCUT2D eigenvalue weighted by atomic mass is 32.2.